The fourth-order valence-electron chi connectivity index (χ4n) is 1.54. The first-order valence-corrected chi connectivity index (χ1v) is 6.60. The maximum absolute atomic E-state index is 12.2. The minimum atomic E-state index is -4.63. The highest BCUT2D eigenvalue weighted by atomic mass is 32.2. The zero-order valence-corrected chi connectivity index (χ0v) is 11.5. The van der Waals surface area contributed by atoms with Crippen LogP contribution in [-0.2, 0) is 7.05 Å². The summed E-state index contributed by atoms with van der Waals surface area (Å²) < 4.78 is 43.4. The molecule has 0 aromatic carbocycles. The number of aliphatic hydroxyl groups excluding tert-OH is 1. The number of rotatable bonds is 4. The zero-order chi connectivity index (χ0) is 14.9. The Morgan fingerprint density at radius 1 is 1.45 bits per heavy atom. The number of aliphatic hydroxyl groups is 1. The quantitative estimate of drug-likeness (QED) is 0.879. The van der Waals surface area contributed by atoms with E-state index >= 15 is 0 Å². The van der Waals surface area contributed by atoms with Gasteiger partial charge in [-0.1, -0.05) is 11.8 Å². The Kier molecular flexibility index (Phi) is 4.09. The second kappa shape index (κ2) is 5.49. The summed E-state index contributed by atoms with van der Waals surface area (Å²) in [5, 5.41) is 17.0. The summed E-state index contributed by atoms with van der Waals surface area (Å²) in [7, 11) is 1.64. The molecule has 0 fully saturated rings. The first kappa shape index (κ1) is 14.9. The number of thioether (sulfide) groups is 1. The van der Waals surface area contributed by atoms with E-state index in [-0.39, 0.29) is 0 Å². The molecule has 0 bridgehead atoms. The fraction of sp³-hybridized carbons (Fsp3) is 0.455. The van der Waals surface area contributed by atoms with Crippen LogP contribution < -0.4 is 0 Å². The molecule has 0 amide bonds. The van der Waals surface area contributed by atoms with Crippen LogP contribution >= 0.6 is 11.8 Å². The van der Waals surface area contributed by atoms with Crippen LogP contribution in [0.1, 0.15) is 5.76 Å². The summed E-state index contributed by atoms with van der Waals surface area (Å²) in [6.45, 7) is 1.75. The second-order valence-corrected chi connectivity index (χ2v) is 5.11. The minimum absolute atomic E-state index is 0.295. The van der Waals surface area contributed by atoms with E-state index in [0.717, 1.165) is 17.3 Å². The predicted molar refractivity (Wildman–Crippen MR) is 66.2 cm³/mol. The Labute approximate surface area is 116 Å². The Bertz CT molecular complexity index is 594. The van der Waals surface area contributed by atoms with Crippen LogP contribution in [0.15, 0.2) is 21.9 Å². The Morgan fingerprint density at radius 2 is 2.15 bits per heavy atom. The minimum Gasteiger partial charge on any atom is -0.469 e. The van der Waals surface area contributed by atoms with Crippen molar-refractivity contribution >= 4 is 11.8 Å². The Balaban J connectivity index is 2.12. The number of hydrogen-bond acceptors (Lipinski definition) is 5. The van der Waals surface area contributed by atoms with Crippen molar-refractivity contribution in [3.05, 3.63) is 18.1 Å². The third-order valence-electron chi connectivity index (χ3n) is 2.68. The molecule has 2 aromatic heterocycles. The van der Waals surface area contributed by atoms with Gasteiger partial charge in [0.05, 0.1) is 11.8 Å². The van der Waals surface area contributed by atoms with Gasteiger partial charge in [0.2, 0.25) is 0 Å². The molecule has 0 radical (unpaired) electrons. The number of nitrogens with zero attached hydrogens (tertiary/aromatic N) is 3. The lowest BCUT2D eigenvalue weighted by Crippen LogP contribution is -2.30. The van der Waals surface area contributed by atoms with Gasteiger partial charge in [0.25, 0.3) is 0 Å². The standard InChI is InChI=1S/C11H12F3N3O2S/c1-6-7(3-4-19-6)9-15-16-10(17(9)2)20-5-8(18)11(12,13)14/h3-4,8,18H,5H2,1-2H3/t8-/m1/s1. The Morgan fingerprint density at radius 3 is 2.70 bits per heavy atom. The molecule has 9 heteroatoms. The molecule has 0 unspecified atom stereocenters. The van der Waals surface area contributed by atoms with Crippen molar-refractivity contribution in [1.29, 1.82) is 0 Å². The Hall–Kier alpha value is -1.48. The van der Waals surface area contributed by atoms with Crippen molar-refractivity contribution in [1.82, 2.24) is 14.8 Å². The summed E-state index contributed by atoms with van der Waals surface area (Å²) in [6.07, 6.45) is -5.52. The molecule has 0 aliphatic carbocycles. The number of aromatic nitrogens is 3. The molecule has 110 valence electrons. The highest BCUT2D eigenvalue weighted by molar-refractivity contribution is 7.99. The molecule has 0 saturated heterocycles. The van der Waals surface area contributed by atoms with Crippen LogP contribution in [0.5, 0.6) is 0 Å². The number of halogens is 3. The molecular formula is C11H12F3N3O2S. The highest BCUT2D eigenvalue weighted by Crippen LogP contribution is 2.28. The molecular weight excluding hydrogens is 295 g/mol. The first-order valence-electron chi connectivity index (χ1n) is 5.62. The molecule has 2 heterocycles. The van der Waals surface area contributed by atoms with Gasteiger partial charge in [-0.25, -0.2) is 0 Å². The van der Waals surface area contributed by atoms with Crippen LogP contribution in [0.3, 0.4) is 0 Å². The largest absolute Gasteiger partial charge is 0.469 e. The average molecular weight is 307 g/mol. The lowest BCUT2D eigenvalue weighted by atomic mass is 10.2. The summed E-state index contributed by atoms with van der Waals surface area (Å²) in [4.78, 5) is 0. The van der Waals surface area contributed by atoms with E-state index in [4.69, 9.17) is 9.52 Å². The maximum atomic E-state index is 12.2. The first-order chi connectivity index (χ1) is 9.30. The van der Waals surface area contributed by atoms with Gasteiger partial charge in [0, 0.05) is 12.8 Å². The SMILES string of the molecule is Cc1occc1-c1nnc(SC[C@@H](O)C(F)(F)F)n1C. The molecule has 5 nitrogen and oxygen atoms in total. The van der Waals surface area contributed by atoms with Gasteiger partial charge in [-0.05, 0) is 13.0 Å². The average Bonchev–Trinajstić information content (AvgIpc) is 2.91. The molecule has 0 aliphatic heterocycles. The maximum Gasteiger partial charge on any atom is 0.415 e. The lowest BCUT2D eigenvalue weighted by molar-refractivity contribution is -0.195. The fourth-order valence-corrected chi connectivity index (χ4v) is 2.41. The molecule has 0 saturated carbocycles. The van der Waals surface area contributed by atoms with Crippen LogP contribution in [0.25, 0.3) is 11.4 Å². The number of hydrogen-bond donors (Lipinski definition) is 1. The third kappa shape index (κ3) is 2.98. The van der Waals surface area contributed by atoms with Crippen molar-refractivity contribution in [3.63, 3.8) is 0 Å². The van der Waals surface area contributed by atoms with Gasteiger partial charge >= 0.3 is 6.18 Å². The van der Waals surface area contributed by atoms with E-state index < -0.39 is 18.0 Å². The topological polar surface area (TPSA) is 64.1 Å². The molecule has 1 N–H and O–H groups in total. The predicted octanol–water partition coefficient (Wildman–Crippen LogP) is 2.40. The van der Waals surface area contributed by atoms with E-state index in [2.05, 4.69) is 10.2 Å². The van der Waals surface area contributed by atoms with Gasteiger partial charge in [-0.2, -0.15) is 13.2 Å². The van der Waals surface area contributed by atoms with Crippen LogP contribution in [0.2, 0.25) is 0 Å². The lowest BCUT2D eigenvalue weighted by Gasteiger charge is -2.13. The van der Waals surface area contributed by atoms with Crippen molar-refractivity contribution in [2.24, 2.45) is 7.05 Å². The zero-order valence-electron chi connectivity index (χ0n) is 10.7. The van der Waals surface area contributed by atoms with E-state index in [0.29, 0.717) is 16.7 Å². The summed E-state index contributed by atoms with van der Waals surface area (Å²) in [6, 6.07) is 1.71. The van der Waals surface area contributed by atoms with Gasteiger partial charge in [0.1, 0.15) is 5.76 Å². The third-order valence-corrected chi connectivity index (χ3v) is 3.78. The van der Waals surface area contributed by atoms with Crippen LogP contribution in [0, 0.1) is 6.92 Å². The van der Waals surface area contributed by atoms with Crippen LogP contribution in [0.4, 0.5) is 13.2 Å². The van der Waals surface area contributed by atoms with Gasteiger partial charge in [0.15, 0.2) is 17.1 Å². The van der Waals surface area contributed by atoms with Crippen molar-refractivity contribution < 1.29 is 22.7 Å². The second-order valence-electron chi connectivity index (χ2n) is 4.12. The molecule has 0 spiro atoms. The number of aryl methyl sites for hydroxylation is 1. The summed E-state index contributed by atoms with van der Waals surface area (Å²) >= 11 is 0.795. The van der Waals surface area contributed by atoms with Crippen molar-refractivity contribution in [2.45, 2.75) is 24.4 Å². The summed E-state index contributed by atoms with van der Waals surface area (Å²) in [5.41, 5.74) is 0.725. The van der Waals surface area contributed by atoms with Crippen LogP contribution in [-0.4, -0.2) is 37.9 Å². The summed E-state index contributed by atoms with van der Waals surface area (Å²) in [5.74, 6) is 0.618. The normalized spacial score (nSPS) is 13.7. The smallest absolute Gasteiger partial charge is 0.415 e. The van der Waals surface area contributed by atoms with Crippen molar-refractivity contribution in [3.8, 4) is 11.4 Å². The van der Waals surface area contributed by atoms with E-state index in [1.165, 1.54) is 6.26 Å². The molecule has 2 rings (SSSR count). The highest BCUT2D eigenvalue weighted by Gasteiger charge is 2.38. The van der Waals surface area contributed by atoms with E-state index in [9.17, 15) is 13.2 Å². The number of furan rings is 1. The van der Waals surface area contributed by atoms with E-state index in [1.807, 2.05) is 0 Å². The number of alkyl halides is 3. The van der Waals surface area contributed by atoms with Gasteiger partial charge in [-0.15, -0.1) is 10.2 Å². The monoisotopic (exact) mass is 307 g/mol. The van der Waals surface area contributed by atoms with Gasteiger partial charge < -0.3 is 14.1 Å². The molecule has 20 heavy (non-hydrogen) atoms. The van der Waals surface area contributed by atoms with Gasteiger partial charge in [-0.3, -0.25) is 0 Å². The molecule has 0 aliphatic rings. The van der Waals surface area contributed by atoms with Crippen molar-refractivity contribution in [2.75, 3.05) is 5.75 Å². The molecule has 1 atom stereocenters. The van der Waals surface area contributed by atoms with E-state index in [1.54, 1.807) is 24.6 Å². The molecule has 2 aromatic rings.